The third-order valence-electron chi connectivity index (χ3n) is 2.30. The molecular formula is C9H11ClN2O4S. The van der Waals surface area contributed by atoms with Crippen LogP contribution in [0.1, 0.15) is 17.0 Å². The van der Waals surface area contributed by atoms with Crippen LogP contribution in [0.25, 0.3) is 4.96 Å². The number of aromatic nitrogens is 2. The van der Waals surface area contributed by atoms with Crippen molar-refractivity contribution in [2.45, 2.75) is 20.8 Å². The van der Waals surface area contributed by atoms with Gasteiger partial charge >= 0.3 is 4.96 Å². The molecular weight excluding hydrogens is 268 g/mol. The number of fused-ring (bicyclic) bond motifs is 1. The van der Waals surface area contributed by atoms with Crippen LogP contribution in [0.5, 0.6) is 0 Å². The van der Waals surface area contributed by atoms with E-state index in [2.05, 4.69) is 41.7 Å². The van der Waals surface area contributed by atoms with Crippen molar-refractivity contribution in [2.24, 2.45) is 0 Å². The molecule has 2 aromatic heterocycles. The van der Waals surface area contributed by atoms with E-state index in [0.717, 1.165) is 10.7 Å². The van der Waals surface area contributed by atoms with E-state index in [4.69, 9.17) is 18.6 Å². The molecule has 0 spiro atoms. The minimum Gasteiger partial charge on any atom is -0.222 e. The molecule has 0 aliphatic carbocycles. The number of rotatable bonds is 0. The molecule has 0 aromatic carbocycles. The predicted octanol–water partition coefficient (Wildman–Crippen LogP) is -2.95. The fourth-order valence-corrected chi connectivity index (χ4v) is 2.08. The third kappa shape index (κ3) is 4.15. The lowest BCUT2D eigenvalue weighted by atomic mass is 10.2. The molecule has 2 rings (SSSR count). The van der Waals surface area contributed by atoms with Gasteiger partial charge in [0.05, 0.1) is 0 Å². The summed E-state index contributed by atoms with van der Waals surface area (Å²) in [5.74, 6) is 0. The number of nitrogens with zero attached hydrogens (tertiary/aromatic N) is 2. The van der Waals surface area contributed by atoms with Crippen molar-refractivity contribution in [1.82, 2.24) is 4.98 Å². The normalized spacial score (nSPS) is 11.2. The second-order valence-corrected chi connectivity index (χ2v) is 4.97. The van der Waals surface area contributed by atoms with Gasteiger partial charge in [-0.3, -0.25) is 0 Å². The quantitative estimate of drug-likeness (QED) is 0.479. The lowest BCUT2D eigenvalue weighted by molar-refractivity contribution is -2.00. The van der Waals surface area contributed by atoms with E-state index in [1.807, 2.05) is 0 Å². The summed E-state index contributed by atoms with van der Waals surface area (Å²) in [6.45, 7) is 6.30. The molecule has 0 saturated carbocycles. The minimum absolute atomic E-state index is 1.08. The molecule has 0 aliphatic heterocycles. The molecule has 0 radical (unpaired) electrons. The first-order chi connectivity index (χ1) is 7.70. The Kier molecular flexibility index (Phi) is 4.36. The SMILES string of the molecule is Cc1nc2scc[n+]2c(C)c1C.[O-][Cl+3]([O-])([O-])[O-]. The molecule has 0 aliphatic rings. The summed E-state index contributed by atoms with van der Waals surface area (Å²) in [6.07, 6.45) is 2.06. The van der Waals surface area contributed by atoms with E-state index < -0.39 is 10.2 Å². The summed E-state index contributed by atoms with van der Waals surface area (Å²) < 4.78 is 36.1. The number of halogens is 1. The Balaban J connectivity index is 0.000000249. The standard InChI is InChI=1S/C9H11N2S.ClHO4/c1-6-7(2)10-9-11(8(6)3)4-5-12-9;2-1(3,4)5/h4-5H,1-3H3;(H,2,3,4,5)/q+1;/p-1. The van der Waals surface area contributed by atoms with Crippen LogP contribution in [-0.4, -0.2) is 4.98 Å². The van der Waals surface area contributed by atoms with E-state index >= 15 is 0 Å². The van der Waals surface area contributed by atoms with Crippen LogP contribution >= 0.6 is 11.3 Å². The number of hydrogen-bond acceptors (Lipinski definition) is 6. The van der Waals surface area contributed by atoms with Crippen molar-refractivity contribution in [3.63, 3.8) is 0 Å². The lowest BCUT2D eigenvalue weighted by Crippen LogP contribution is -2.68. The number of hydrogen-bond donors (Lipinski definition) is 0. The second kappa shape index (κ2) is 5.21. The maximum absolute atomic E-state index is 8.49. The molecule has 94 valence electrons. The van der Waals surface area contributed by atoms with Crippen molar-refractivity contribution in [2.75, 3.05) is 0 Å². The van der Waals surface area contributed by atoms with Crippen LogP contribution < -0.4 is 23.0 Å². The molecule has 0 atom stereocenters. The van der Waals surface area contributed by atoms with Crippen LogP contribution in [0.3, 0.4) is 0 Å². The molecule has 17 heavy (non-hydrogen) atoms. The number of thiazole rings is 1. The molecule has 0 amide bonds. The van der Waals surface area contributed by atoms with Gasteiger partial charge in [-0.05, 0) is 18.8 Å². The van der Waals surface area contributed by atoms with Gasteiger partial charge in [-0.15, -0.1) is 10.2 Å². The Hall–Kier alpha value is -0.830. The van der Waals surface area contributed by atoms with Gasteiger partial charge in [0.1, 0.15) is 11.9 Å². The summed E-state index contributed by atoms with van der Waals surface area (Å²) in [5.41, 5.74) is 3.71. The van der Waals surface area contributed by atoms with Crippen LogP contribution in [0, 0.1) is 31.0 Å². The minimum atomic E-state index is -4.94. The maximum atomic E-state index is 8.49. The monoisotopic (exact) mass is 278 g/mol. The van der Waals surface area contributed by atoms with E-state index in [9.17, 15) is 0 Å². The number of aryl methyl sites for hydroxylation is 2. The van der Waals surface area contributed by atoms with E-state index in [-0.39, 0.29) is 0 Å². The maximum Gasteiger partial charge on any atom is 0.387 e. The van der Waals surface area contributed by atoms with Gasteiger partial charge < -0.3 is 0 Å². The average molecular weight is 279 g/mol. The van der Waals surface area contributed by atoms with Crippen LogP contribution in [0.4, 0.5) is 0 Å². The molecule has 0 saturated heterocycles. The first-order valence-corrected chi connectivity index (χ1v) is 6.66. The highest BCUT2D eigenvalue weighted by Gasteiger charge is 2.13. The lowest BCUT2D eigenvalue weighted by Gasteiger charge is -2.17. The Bertz CT molecular complexity index is 517. The highest BCUT2D eigenvalue weighted by atomic mass is 35.7. The van der Waals surface area contributed by atoms with Gasteiger partial charge in [0.2, 0.25) is 0 Å². The molecule has 0 bridgehead atoms. The fraction of sp³-hybridized carbons (Fsp3) is 0.333. The molecule has 0 fully saturated rings. The molecule has 8 heteroatoms. The van der Waals surface area contributed by atoms with E-state index in [1.165, 1.54) is 11.3 Å². The summed E-state index contributed by atoms with van der Waals surface area (Å²) in [5, 5.41) is 2.06. The van der Waals surface area contributed by atoms with Gasteiger partial charge in [-0.1, -0.05) is 11.3 Å². The second-order valence-electron chi connectivity index (χ2n) is 3.34. The van der Waals surface area contributed by atoms with Crippen molar-refractivity contribution < 1.29 is 33.3 Å². The Morgan fingerprint density at radius 1 is 1.18 bits per heavy atom. The first kappa shape index (κ1) is 14.2. The zero-order valence-corrected chi connectivity index (χ0v) is 11.0. The topological polar surface area (TPSA) is 109 Å². The zero-order chi connectivity index (χ0) is 13.2. The molecule has 0 N–H and O–H groups in total. The smallest absolute Gasteiger partial charge is 0.222 e. The van der Waals surface area contributed by atoms with Crippen LogP contribution in [0.2, 0.25) is 0 Å². The van der Waals surface area contributed by atoms with Crippen LogP contribution in [0.15, 0.2) is 11.6 Å². The summed E-state index contributed by atoms with van der Waals surface area (Å²) in [4.78, 5) is 5.56. The van der Waals surface area contributed by atoms with Crippen molar-refractivity contribution >= 4 is 16.3 Å². The van der Waals surface area contributed by atoms with Gasteiger partial charge in [0, 0.05) is 17.9 Å². The van der Waals surface area contributed by atoms with Gasteiger partial charge in [0.25, 0.3) is 0 Å². The third-order valence-corrected chi connectivity index (χ3v) is 3.06. The highest BCUT2D eigenvalue weighted by Crippen LogP contribution is 2.10. The van der Waals surface area contributed by atoms with Crippen molar-refractivity contribution in [3.05, 3.63) is 28.5 Å². The van der Waals surface area contributed by atoms with Gasteiger partial charge in [-0.2, -0.15) is 4.40 Å². The van der Waals surface area contributed by atoms with Gasteiger partial charge in [-0.25, -0.2) is 18.6 Å². The Morgan fingerprint density at radius 3 is 2.24 bits per heavy atom. The Morgan fingerprint density at radius 2 is 1.71 bits per heavy atom. The van der Waals surface area contributed by atoms with Crippen LogP contribution in [-0.2, 0) is 0 Å². The summed E-state index contributed by atoms with van der Waals surface area (Å²) >= 11 is 1.68. The first-order valence-electron chi connectivity index (χ1n) is 4.54. The predicted molar refractivity (Wildman–Crippen MR) is 49.5 cm³/mol. The molecule has 2 aromatic rings. The fourth-order valence-electron chi connectivity index (χ4n) is 1.28. The van der Waals surface area contributed by atoms with Gasteiger partial charge in [0.15, 0.2) is 5.69 Å². The van der Waals surface area contributed by atoms with Crippen molar-refractivity contribution in [1.29, 1.82) is 0 Å². The average Bonchev–Trinajstić information content (AvgIpc) is 2.59. The van der Waals surface area contributed by atoms with E-state index in [1.54, 1.807) is 11.3 Å². The summed E-state index contributed by atoms with van der Waals surface area (Å²) in [6, 6.07) is 0. The molecule has 0 unspecified atom stereocenters. The molecule has 2 heterocycles. The molecule has 6 nitrogen and oxygen atoms in total. The summed E-state index contributed by atoms with van der Waals surface area (Å²) in [7, 11) is -4.94. The zero-order valence-electron chi connectivity index (χ0n) is 9.47. The van der Waals surface area contributed by atoms with Crippen molar-refractivity contribution in [3.8, 4) is 0 Å². The largest absolute Gasteiger partial charge is 0.387 e. The highest BCUT2D eigenvalue weighted by molar-refractivity contribution is 7.14. The van der Waals surface area contributed by atoms with E-state index in [0.29, 0.717) is 0 Å². The Labute approximate surface area is 104 Å².